The lowest BCUT2D eigenvalue weighted by Gasteiger charge is -2.09. The Labute approximate surface area is 107 Å². The standard InChI is InChI=1S/C14H18N2S/c1-4-14-16-9-12(17-14)8-15-13-7-10(2)5-6-11(13)3/h5-7,9,15H,4,8H2,1-3H3. The summed E-state index contributed by atoms with van der Waals surface area (Å²) in [5.41, 5.74) is 3.80. The fraction of sp³-hybridized carbons (Fsp3) is 0.357. The molecule has 0 aliphatic heterocycles. The van der Waals surface area contributed by atoms with Crippen molar-refractivity contribution < 1.29 is 0 Å². The van der Waals surface area contributed by atoms with Gasteiger partial charge in [0.15, 0.2) is 0 Å². The number of nitrogens with zero attached hydrogens (tertiary/aromatic N) is 1. The largest absolute Gasteiger partial charge is 0.380 e. The van der Waals surface area contributed by atoms with Crippen LogP contribution in [0.5, 0.6) is 0 Å². The van der Waals surface area contributed by atoms with E-state index in [2.05, 4.69) is 49.3 Å². The van der Waals surface area contributed by atoms with Gasteiger partial charge in [-0.3, -0.25) is 0 Å². The summed E-state index contributed by atoms with van der Waals surface area (Å²) in [5.74, 6) is 0. The first-order valence-corrected chi connectivity index (χ1v) is 6.75. The molecule has 0 saturated heterocycles. The second kappa shape index (κ2) is 5.32. The average molecular weight is 246 g/mol. The number of thiazole rings is 1. The van der Waals surface area contributed by atoms with E-state index in [1.165, 1.54) is 26.7 Å². The molecule has 1 aromatic heterocycles. The molecule has 1 aromatic carbocycles. The van der Waals surface area contributed by atoms with Gasteiger partial charge in [-0.15, -0.1) is 11.3 Å². The van der Waals surface area contributed by atoms with Gasteiger partial charge in [0.1, 0.15) is 0 Å². The molecule has 0 atom stereocenters. The Morgan fingerprint density at radius 3 is 2.82 bits per heavy atom. The lowest BCUT2D eigenvalue weighted by atomic mass is 10.1. The maximum absolute atomic E-state index is 4.37. The number of nitrogens with one attached hydrogen (secondary N) is 1. The zero-order chi connectivity index (χ0) is 12.3. The summed E-state index contributed by atoms with van der Waals surface area (Å²) >= 11 is 1.79. The van der Waals surface area contributed by atoms with E-state index in [-0.39, 0.29) is 0 Å². The number of benzene rings is 1. The Hall–Kier alpha value is -1.35. The molecule has 3 heteroatoms. The maximum Gasteiger partial charge on any atom is 0.0925 e. The molecule has 0 radical (unpaired) electrons. The van der Waals surface area contributed by atoms with Gasteiger partial charge in [0, 0.05) is 16.8 Å². The van der Waals surface area contributed by atoms with E-state index < -0.39 is 0 Å². The van der Waals surface area contributed by atoms with Gasteiger partial charge in [0.25, 0.3) is 0 Å². The van der Waals surface area contributed by atoms with E-state index in [1.807, 2.05) is 6.20 Å². The number of aryl methyl sites for hydroxylation is 3. The van der Waals surface area contributed by atoms with Gasteiger partial charge in [-0.2, -0.15) is 0 Å². The van der Waals surface area contributed by atoms with Crippen LogP contribution in [0.2, 0.25) is 0 Å². The van der Waals surface area contributed by atoms with Crippen molar-refractivity contribution in [3.63, 3.8) is 0 Å². The van der Waals surface area contributed by atoms with Crippen LogP contribution < -0.4 is 5.32 Å². The van der Waals surface area contributed by atoms with Crippen LogP contribution in [0.3, 0.4) is 0 Å². The van der Waals surface area contributed by atoms with Gasteiger partial charge in [-0.25, -0.2) is 4.98 Å². The SMILES string of the molecule is CCc1ncc(CNc2cc(C)ccc2C)s1. The Morgan fingerprint density at radius 2 is 2.12 bits per heavy atom. The highest BCUT2D eigenvalue weighted by Crippen LogP contribution is 2.19. The second-order valence-electron chi connectivity index (χ2n) is 4.25. The first-order valence-electron chi connectivity index (χ1n) is 5.93. The quantitative estimate of drug-likeness (QED) is 0.884. The van der Waals surface area contributed by atoms with Crippen molar-refractivity contribution in [2.24, 2.45) is 0 Å². The molecule has 0 spiro atoms. The molecule has 0 fully saturated rings. The fourth-order valence-corrected chi connectivity index (χ4v) is 2.50. The number of rotatable bonds is 4. The Morgan fingerprint density at radius 1 is 1.29 bits per heavy atom. The first kappa shape index (κ1) is 12.1. The van der Waals surface area contributed by atoms with Crippen LogP contribution >= 0.6 is 11.3 Å². The molecule has 2 aromatic rings. The van der Waals surface area contributed by atoms with Crippen LogP contribution in [-0.2, 0) is 13.0 Å². The monoisotopic (exact) mass is 246 g/mol. The second-order valence-corrected chi connectivity index (χ2v) is 5.45. The van der Waals surface area contributed by atoms with Gasteiger partial charge in [0.2, 0.25) is 0 Å². The van der Waals surface area contributed by atoms with Crippen LogP contribution in [-0.4, -0.2) is 4.98 Å². The van der Waals surface area contributed by atoms with E-state index in [1.54, 1.807) is 11.3 Å². The summed E-state index contributed by atoms with van der Waals surface area (Å²) in [6.07, 6.45) is 3.00. The van der Waals surface area contributed by atoms with Crippen LogP contribution in [0.15, 0.2) is 24.4 Å². The van der Waals surface area contributed by atoms with Gasteiger partial charge in [0.05, 0.1) is 11.6 Å². The first-order chi connectivity index (χ1) is 8.19. The highest BCUT2D eigenvalue weighted by atomic mass is 32.1. The summed E-state index contributed by atoms with van der Waals surface area (Å²) < 4.78 is 0. The lowest BCUT2D eigenvalue weighted by molar-refractivity contribution is 1.09. The van der Waals surface area contributed by atoms with E-state index in [9.17, 15) is 0 Å². The van der Waals surface area contributed by atoms with Crippen molar-refractivity contribution in [3.8, 4) is 0 Å². The third-order valence-corrected chi connectivity index (χ3v) is 3.89. The molecule has 0 unspecified atom stereocenters. The van der Waals surface area contributed by atoms with Gasteiger partial charge in [-0.1, -0.05) is 19.1 Å². The topological polar surface area (TPSA) is 24.9 Å². The predicted octanol–water partition coefficient (Wildman–Crippen LogP) is 3.93. The lowest BCUT2D eigenvalue weighted by Crippen LogP contribution is -1.99. The van der Waals surface area contributed by atoms with E-state index in [4.69, 9.17) is 0 Å². The molecule has 1 heterocycles. The molecular weight excluding hydrogens is 228 g/mol. The van der Waals surface area contributed by atoms with Crippen LogP contribution in [0.1, 0.15) is 27.9 Å². The van der Waals surface area contributed by atoms with Crippen molar-refractivity contribution in [2.45, 2.75) is 33.7 Å². The molecule has 0 amide bonds. The summed E-state index contributed by atoms with van der Waals surface area (Å²) in [6, 6.07) is 6.49. The zero-order valence-electron chi connectivity index (χ0n) is 10.6. The molecule has 0 saturated carbocycles. The highest BCUT2D eigenvalue weighted by molar-refractivity contribution is 7.11. The third-order valence-electron chi connectivity index (χ3n) is 2.75. The Kier molecular flexibility index (Phi) is 3.79. The van der Waals surface area contributed by atoms with Crippen molar-refractivity contribution in [3.05, 3.63) is 45.4 Å². The summed E-state index contributed by atoms with van der Waals surface area (Å²) in [5, 5.41) is 4.69. The van der Waals surface area contributed by atoms with Crippen LogP contribution in [0, 0.1) is 13.8 Å². The van der Waals surface area contributed by atoms with E-state index in [0.717, 1.165) is 13.0 Å². The summed E-state index contributed by atoms with van der Waals surface area (Å²) in [4.78, 5) is 5.66. The molecule has 1 N–H and O–H groups in total. The van der Waals surface area contributed by atoms with Gasteiger partial charge < -0.3 is 5.32 Å². The van der Waals surface area contributed by atoms with E-state index in [0.29, 0.717) is 0 Å². The smallest absolute Gasteiger partial charge is 0.0925 e. The van der Waals surface area contributed by atoms with Crippen molar-refractivity contribution >= 4 is 17.0 Å². The Bertz CT molecular complexity index is 503. The number of hydrogen-bond acceptors (Lipinski definition) is 3. The number of hydrogen-bond donors (Lipinski definition) is 1. The molecule has 90 valence electrons. The van der Waals surface area contributed by atoms with Gasteiger partial charge in [-0.05, 0) is 37.5 Å². The van der Waals surface area contributed by atoms with Crippen LogP contribution in [0.4, 0.5) is 5.69 Å². The maximum atomic E-state index is 4.37. The van der Waals surface area contributed by atoms with Crippen molar-refractivity contribution in [1.29, 1.82) is 0 Å². The van der Waals surface area contributed by atoms with Gasteiger partial charge >= 0.3 is 0 Å². The normalized spacial score (nSPS) is 10.5. The predicted molar refractivity (Wildman–Crippen MR) is 74.7 cm³/mol. The van der Waals surface area contributed by atoms with Crippen molar-refractivity contribution in [1.82, 2.24) is 4.98 Å². The third kappa shape index (κ3) is 3.07. The highest BCUT2D eigenvalue weighted by Gasteiger charge is 2.02. The summed E-state index contributed by atoms with van der Waals surface area (Å²) in [6.45, 7) is 7.25. The minimum Gasteiger partial charge on any atom is -0.380 e. The molecule has 0 aliphatic carbocycles. The number of aromatic nitrogens is 1. The molecule has 0 bridgehead atoms. The minimum absolute atomic E-state index is 0.863. The molecule has 17 heavy (non-hydrogen) atoms. The van der Waals surface area contributed by atoms with E-state index >= 15 is 0 Å². The van der Waals surface area contributed by atoms with Crippen LogP contribution in [0.25, 0.3) is 0 Å². The van der Waals surface area contributed by atoms with Crippen molar-refractivity contribution in [2.75, 3.05) is 5.32 Å². The summed E-state index contributed by atoms with van der Waals surface area (Å²) in [7, 11) is 0. The fourth-order valence-electron chi connectivity index (χ4n) is 1.70. The Balaban J connectivity index is 2.04. The number of anilines is 1. The zero-order valence-corrected chi connectivity index (χ0v) is 11.4. The molecule has 2 nitrogen and oxygen atoms in total. The average Bonchev–Trinajstić information content (AvgIpc) is 2.78. The minimum atomic E-state index is 0.863. The molecular formula is C14H18N2S. The molecule has 2 rings (SSSR count). The molecule has 0 aliphatic rings.